The highest BCUT2D eigenvalue weighted by Gasteiger charge is 2.20. The topological polar surface area (TPSA) is 166 Å². The summed E-state index contributed by atoms with van der Waals surface area (Å²) in [6.45, 7) is 6.43. The van der Waals surface area contributed by atoms with Crippen molar-refractivity contribution in [3.05, 3.63) is 88.2 Å². The minimum Gasteiger partial charge on any atom is -0.473 e. The van der Waals surface area contributed by atoms with Crippen LogP contribution in [-0.4, -0.2) is 52.8 Å². The second-order valence-corrected chi connectivity index (χ2v) is 11.6. The number of pyridine rings is 1. The van der Waals surface area contributed by atoms with Gasteiger partial charge in [-0.15, -0.1) is 0 Å². The smallest absolute Gasteiger partial charge is 0.407 e. The second kappa shape index (κ2) is 15.0. The van der Waals surface area contributed by atoms with Gasteiger partial charge in [-0.1, -0.05) is 41.9 Å². The van der Waals surface area contributed by atoms with Crippen LogP contribution in [0, 0.1) is 11.3 Å². The number of fused-ring (bicyclic) bond motifs is 1. The molecule has 0 saturated heterocycles. The quantitative estimate of drug-likeness (QED) is 0.0923. The van der Waals surface area contributed by atoms with Crippen molar-refractivity contribution in [1.29, 1.82) is 5.26 Å². The summed E-state index contributed by atoms with van der Waals surface area (Å²) in [6.07, 6.45) is 0.891. The van der Waals surface area contributed by atoms with Crippen molar-refractivity contribution in [2.45, 2.75) is 39.5 Å². The van der Waals surface area contributed by atoms with Gasteiger partial charge in [-0.25, -0.2) is 19.6 Å². The van der Waals surface area contributed by atoms with Crippen LogP contribution in [-0.2, 0) is 27.4 Å². The zero-order valence-corrected chi connectivity index (χ0v) is 26.7. The molecule has 0 saturated carbocycles. The molecule has 2 heterocycles. The van der Waals surface area contributed by atoms with Crippen molar-refractivity contribution in [3.8, 4) is 11.9 Å². The van der Waals surface area contributed by atoms with Crippen LogP contribution in [0.3, 0.4) is 0 Å². The van der Waals surface area contributed by atoms with Crippen LogP contribution in [0.5, 0.6) is 5.88 Å². The van der Waals surface area contributed by atoms with Gasteiger partial charge in [0.1, 0.15) is 35.6 Å². The summed E-state index contributed by atoms with van der Waals surface area (Å²) in [7, 11) is 1.90. The van der Waals surface area contributed by atoms with Gasteiger partial charge in [0.2, 0.25) is 11.8 Å². The average Bonchev–Trinajstić information content (AvgIpc) is 3.00. The Hall–Kier alpha value is -5.41. The number of nitrogen functional groups attached to an aromatic ring is 1. The molecule has 2 aromatic heterocycles. The number of rotatable bonds is 11. The Morgan fingerprint density at radius 1 is 1.04 bits per heavy atom. The fourth-order valence-electron chi connectivity index (χ4n) is 4.09. The van der Waals surface area contributed by atoms with Gasteiger partial charge in [-0.05, 0) is 62.2 Å². The number of carbonyl (C=O) groups is 2. The maximum atomic E-state index is 12.3. The Kier molecular flexibility index (Phi) is 11.0. The Morgan fingerprint density at radius 2 is 1.78 bits per heavy atom. The predicted molar refractivity (Wildman–Crippen MR) is 175 cm³/mol. The normalized spacial score (nSPS) is 11.4. The van der Waals surface area contributed by atoms with Crippen LogP contribution in [0.4, 0.5) is 16.4 Å². The van der Waals surface area contributed by atoms with E-state index in [0.717, 1.165) is 22.2 Å². The zero-order valence-electron chi connectivity index (χ0n) is 25.9. The highest BCUT2D eigenvalue weighted by Crippen LogP contribution is 2.22. The number of carbonyl (C=O) groups excluding carboxylic acids is 2. The number of nitrogens with one attached hydrogen (secondary N) is 1. The second-order valence-electron chi connectivity index (χ2n) is 11.2. The zero-order chi connectivity index (χ0) is 33.3. The highest BCUT2D eigenvalue weighted by molar-refractivity contribution is 6.29. The van der Waals surface area contributed by atoms with Crippen molar-refractivity contribution >= 4 is 52.3 Å². The molecule has 0 radical (unpaired) electrons. The van der Waals surface area contributed by atoms with E-state index in [1.165, 1.54) is 12.1 Å². The van der Waals surface area contributed by atoms with Crippen molar-refractivity contribution < 1.29 is 23.8 Å². The van der Waals surface area contributed by atoms with Crippen molar-refractivity contribution in [2.75, 3.05) is 30.8 Å². The molecule has 0 spiro atoms. The average molecular weight is 644 g/mol. The maximum Gasteiger partial charge on any atom is 0.407 e. The summed E-state index contributed by atoms with van der Waals surface area (Å²) in [4.78, 5) is 38.8. The number of halogens is 1. The van der Waals surface area contributed by atoms with Crippen LogP contribution in [0.1, 0.15) is 37.6 Å². The summed E-state index contributed by atoms with van der Waals surface area (Å²) < 4.78 is 16.3. The van der Waals surface area contributed by atoms with E-state index in [2.05, 4.69) is 20.3 Å². The summed E-state index contributed by atoms with van der Waals surface area (Å²) in [6, 6.07) is 20.2. The molecule has 3 N–H and O–H groups in total. The van der Waals surface area contributed by atoms with Gasteiger partial charge in [0.25, 0.3) is 0 Å². The molecule has 2 aromatic carbocycles. The molecule has 13 heteroatoms. The lowest BCUT2D eigenvalue weighted by atomic mass is 10.1. The number of benzene rings is 2. The molecular weight excluding hydrogens is 610 g/mol. The number of nitrogens with zero attached hydrogens (tertiary/aromatic N) is 5. The largest absolute Gasteiger partial charge is 0.473 e. The summed E-state index contributed by atoms with van der Waals surface area (Å²) in [5.41, 5.74) is 8.61. The molecule has 238 valence electrons. The lowest BCUT2D eigenvalue weighted by molar-refractivity contribution is -0.149. The number of ether oxygens (including phenoxy) is 3. The van der Waals surface area contributed by atoms with Crippen LogP contribution in [0.2, 0.25) is 5.15 Å². The predicted octanol–water partition coefficient (Wildman–Crippen LogP) is 5.45. The minimum absolute atomic E-state index is 0.0354. The van der Waals surface area contributed by atoms with E-state index in [0.29, 0.717) is 24.3 Å². The first kappa shape index (κ1) is 33.5. The fraction of sp³-hybridized carbons (Fsp3) is 0.273. The Balaban J connectivity index is 1.22. The van der Waals surface area contributed by atoms with Gasteiger partial charge < -0.3 is 30.2 Å². The third-order valence-electron chi connectivity index (χ3n) is 6.36. The summed E-state index contributed by atoms with van der Waals surface area (Å²) in [5.74, 6) is -0.377. The molecule has 0 fully saturated rings. The van der Waals surface area contributed by atoms with Gasteiger partial charge in [0.05, 0.1) is 17.8 Å². The molecule has 0 aliphatic heterocycles. The first-order chi connectivity index (χ1) is 21.9. The molecule has 12 nitrogen and oxygen atoms in total. The number of hydrogen-bond donors (Lipinski definition) is 2. The van der Waals surface area contributed by atoms with Gasteiger partial charge in [-0.2, -0.15) is 10.2 Å². The molecular formula is C33H34ClN7O5. The monoisotopic (exact) mass is 643 g/mol. The maximum absolute atomic E-state index is 12.3. The molecule has 4 rings (SSSR count). The highest BCUT2D eigenvalue weighted by atomic mass is 35.5. The van der Waals surface area contributed by atoms with E-state index < -0.39 is 17.7 Å². The van der Waals surface area contributed by atoms with E-state index >= 15 is 0 Å². The van der Waals surface area contributed by atoms with Crippen LogP contribution < -0.4 is 20.7 Å². The molecule has 0 aliphatic rings. The van der Waals surface area contributed by atoms with E-state index in [-0.39, 0.29) is 35.8 Å². The van der Waals surface area contributed by atoms with Gasteiger partial charge in [-0.3, -0.25) is 0 Å². The van der Waals surface area contributed by atoms with Crippen LogP contribution in [0.15, 0.2) is 66.2 Å². The Labute approximate surface area is 271 Å². The standard InChI is InChI=1S/C33H34ClN7O5/c1-33(2,3)46-30(42)24(18-35)15-25-10-9-23-16-26(11-12-27(23)38-25)41(4)13-14-44-32(43)37-19-21-5-7-22(8-6-21)20-45-29-17-28(34)39-31(36)40-29/h5-12,15-17H,13-14,19-20H2,1-4H3,(H,37,43)(H2,36,39,40)/b24-15+. The minimum atomic E-state index is -0.710. The number of nitriles is 1. The Morgan fingerprint density at radius 3 is 2.48 bits per heavy atom. The Bertz CT molecular complexity index is 1760. The molecule has 0 aliphatic carbocycles. The SMILES string of the molecule is CN(CCOC(=O)NCc1ccc(COc2cc(Cl)nc(N)n2)cc1)c1ccc2nc(/C=C(\C#N)C(=O)OC(C)(C)C)ccc2c1. The number of esters is 1. The number of nitrogens with two attached hydrogens (primary N) is 1. The molecule has 0 bridgehead atoms. The number of anilines is 2. The van der Waals surface area contributed by atoms with E-state index in [9.17, 15) is 14.9 Å². The van der Waals surface area contributed by atoms with Gasteiger partial charge in [0, 0.05) is 30.7 Å². The van der Waals surface area contributed by atoms with Crippen molar-refractivity contribution in [1.82, 2.24) is 20.3 Å². The van der Waals surface area contributed by atoms with Gasteiger partial charge in [0.15, 0.2) is 0 Å². The molecule has 1 amide bonds. The van der Waals surface area contributed by atoms with E-state index in [1.807, 2.05) is 66.5 Å². The van der Waals surface area contributed by atoms with Crippen molar-refractivity contribution in [3.63, 3.8) is 0 Å². The number of hydrogen-bond acceptors (Lipinski definition) is 11. The van der Waals surface area contributed by atoms with E-state index in [4.69, 9.17) is 31.5 Å². The molecule has 4 aromatic rings. The van der Waals surface area contributed by atoms with Crippen molar-refractivity contribution in [2.24, 2.45) is 0 Å². The lowest BCUT2D eigenvalue weighted by Gasteiger charge is -2.20. The first-order valence-electron chi connectivity index (χ1n) is 14.3. The molecule has 0 atom stereocenters. The first-order valence-corrected chi connectivity index (χ1v) is 14.6. The number of amides is 1. The van der Waals surface area contributed by atoms with E-state index in [1.54, 1.807) is 26.8 Å². The van der Waals surface area contributed by atoms with Crippen LogP contribution in [0.25, 0.3) is 17.0 Å². The fourth-order valence-corrected chi connectivity index (χ4v) is 4.27. The third-order valence-corrected chi connectivity index (χ3v) is 6.56. The van der Waals surface area contributed by atoms with Gasteiger partial charge >= 0.3 is 12.1 Å². The lowest BCUT2D eigenvalue weighted by Crippen LogP contribution is -2.28. The molecule has 0 unspecified atom stereocenters. The number of aromatic nitrogens is 3. The number of likely N-dealkylation sites (N-methyl/N-ethyl adjacent to an activating group) is 1. The summed E-state index contributed by atoms with van der Waals surface area (Å²) in [5, 5.41) is 13.2. The molecule has 46 heavy (non-hydrogen) atoms. The summed E-state index contributed by atoms with van der Waals surface area (Å²) >= 11 is 5.87. The third kappa shape index (κ3) is 10.1. The number of alkyl carbamates (subject to hydrolysis) is 1. The van der Waals surface area contributed by atoms with Crippen LogP contribution >= 0.6 is 11.6 Å².